The Morgan fingerprint density at radius 3 is 2.57 bits per heavy atom. The lowest BCUT2D eigenvalue weighted by molar-refractivity contribution is -0.115. The van der Waals surface area contributed by atoms with Gasteiger partial charge < -0.3 is 21.3 Å². The van der Waals surface area contributed by atoms with Crippen molar-refractivity contribution in [3.63, 3.8) is 0 Å². The minimum absolute atomic E-state index is 0.170. The Kier molecular flexibility index (Phi) is 5.22. The van der Waals surface area contributed by atoms with Gasteiger partial charge >= 0.3 is 0 Å². The largest absolute Gasteiger partial charge is 0.377 e. The lowest BCUT2D eigenvalue weighted by Gasteiger charge is -2.41. The Labute approximate surface area is 179 Å². The van der Waals surface area contributed by atoms with Crippen LogP contribution in [-0.4, -0.2) is 30.4 Å². The third-order valence-corrected chi connectivity index (χ3v) is 6.05. The normalized spacial score (nSPS) is 14.5. The summed E-state index contributed by atoms with van der Waals surface area (Å²) >= 11 is 1.35. The van der Waals surface area contributed by atoms with Crippen LogP contribution in [0.4, 0.5) is 16.4 Å². The Hall–Kier alpha value is -3.32. The molecule has 0 saturated heterocycles. The summed E-state index contributed by atoms with van der Waals surface area (Å²) in [6.07, 6.45) is 0. The molecule has 3 aromatic rings. The van der Waals surface area contributed by atoms with Crippen LogP contribution in [0.2, 0.25) is 0 Å². The number of para-hydroxylation sites is 2. The molecular weight excluding hydrogens is 396 g/mol. The third-order valence-electron chi connectivity index (χ3n) is 4.95. The molecule has 0 atom stereocenters. The van der Waals surface area contributed by atoms with Gasteiger partial charge in [-0.3, -0.25) is 9.59 Å². The highest BCUT2D eigenvalue weighted by Gasteiger charge is 2.30. The van der Waals surface area contributed by atoms with Crippen molar-refractivity contribution in [2.45, 2.75) is 19.4 Å². The smallest absolute Gasteiger partial charge is 0.251 e. The third kappa shape index (κ3) is 4.16. The first kappa shape index (κ1) is 20.0. The molecule has 1 aliphatic heterocycles. The standard InChI is InChI=1S/C23H24N4O2S/c1-23(2)14-27(18-11-7-6-10-17(18)26-23)13-20(28)25-22-16(21(24)29)12-19(30-22)15-8-4-3-5-9-15/h3-12,26H,13-14H2,1-2H3,(H2,24,29)(H,25,28). The van der Waals surface area contributed by atoms with E-state index in [1.54, 1.807) is 6.07 Å². The number of hydrogen-bond acceptors (Lipinski definition) is 5. The molecule has 0 saturated carbocycles. The maximum atomic E-state index is 12.9. The highest BCUT2D eigenvalue weighted by molar-refractivity contribution is 7.20. The summed E-state index contributed by atoms with van der Waals surface area (Å²) in [4.78, 5) is 27.8. The van der Waals surface area contributed by atoms with E-state index in [1.165, 1.54) is 11.3 Å². The van der Waals surface area contributed by atoms with Crippen molar-refractivity contribution in [3.05, 3.63) is 66.2 Å². The second-order valence-corrected chi connectivity index (χ2v) is 9.07. The number of benzene rings is 2. The minimum Gasteiger partial charge on any atom is -0.377 e. The second kappa shape index (κ2) is 7.84. The van der Waals surface area contributed by atoms with Gasteiger partial charge in [-0.15, -0.1) is 11.3 Å². The molecule has 30 heavy (non-hydrogen) atoms. The molecule has 1 aliphatic rings. The van der Waals surface area contributed by atoms with E-state index in [4.69, 9.17) is 5.73 Å². The monoisotopic (exact) mass is 420 g/mol. The van der Waals surface area contributed by atoms with Gasteiger partial charge in [0.25, 0.3) is 5.91 Å². The number of hydrogen-bond donors (Lipinski definition) is 3. The molecule has 7 heteroatoms. The molecule has 0 radical (unpaired) electrons. The molecule has 0 fully saturated rings. The molecule has 0 aliphatic carbocycles. The number of thiophene rings is 1. The summed E-state index contributed by atoms with van der Waals surface area (Å²) < 4.78 is 0. The zero-order chi connectivity index (χ0) is 21.3. The second-order valence-electron chi connectivity index (χ2n) is 8.01. The van der Waals surface area contributed by atoms with Crippen LogP contribution in [0, 0.1) is 0 Å². The molecule has 0 bridgehead atoms. The van der Waals surface area contributed by atoms with E-state index >= 15 is 0 Å². The molecule has 2 aromatic carbocycles. The summed E-state index contributed by atoms with van der Waals surface area (Å²) in [5, 5.41) is 6.89. The first-order valence-electron chi connectivity index (χ1n) is 9.73. The van der Waals surface area contributed by atoms with Gasteiger partial charge in [-0.1, -0.05) is 42.5 Å². The summed E-state index contributed by atoms with van der Waals surface area (Å²) in [7, 11) is 0. The summed E-state index contributed by atoms with van der Waals surface area (Å²) in [6.45, 7) is 5.06. The van der Waals surface area contributed by atoms with Gasteiger partial charge in [0.05, 0.1) is 23.5 Å². The SMILES string of the molecule is CC1(C)CN(CC(=O)Nc2sc(-c3ccccc3)cc2C(N)=O)c2ccccc2N1. The molecule has 4 N–H and O–H groups in total. The van der Waals surface area contributed by atoms with Crippen molar-refractivity contribution in [2.75, 3.05) is 28.6 Å². The number of carbonyl (C=O) groups is 2. The summed E-state index contributed by atoms with van der Waals surface area (Å²) in [5.74, 6) is -0.746. The fraction of sp³-hybridized carbons (Fsp3) is 0.217. The van der Waals surface area contributed by atoms with Crippen molar-refractivity contribution in [1.82, 2.24) is 0 Å². The van der Waals surface area contributed by atoms with Crippen molar-refractivity contribution in [2.24, 2.45) is 5.73 Å². The highest BCUT2D eigenvalue weighted by Crippen LogP contribution is 2.36. The Bertz CT molecular complexity index is 1090. The zero-order valence-corrected chi connectivity index (χ0v) is 17.8. The van der Waals surface area contributed by atoms with Crippen LogP contribution in [0.25, 0.3) is 10.4 Å². The highest BCUT2D eigenvalue weighted by atomic mass is 32.1. The van der Waals surface area contributed by atoms with Crippen LogP contribution in [0.3, 0.4) is 0 Å². The number of fused-ring (bicyclic) bond motifs is 1. The van der Waals surface area contributed by atoms with E-state index in [0.717, 1.165) is 21.8 Å². The van der Waals surface area contributed by atoms with Gasteiger partial charge in [0, 0.05) is 17.0 Å². The fourth-order valence-corrected chi connectivity index (χ4v) is 4.80. The van der Waals surface area contributed by atoms with Crippen LogP contribution < -0.4 is 21.3 Å². The van der Waals surface area contributed by atoms with Crippen molar-refractivity contribution >= 4 is 39.5 Å². The first-order chi connectivity index (χ1) is 14.3. The number of carbonyl (C=O) groups excluding carboxylic acids is 2. The zero-order valence-electron chi connectivity index (χ0n) is 16.9. The van der Waals surface area contributed by atoms with Crippen molar-refractivity contribution < 1.29 is 9.59 Å². The Morgan fingerprint density at radius 1 is 1.13 bits per heavy atom. The Balaban J connectivity index is 1.56. The van der Waals surface area contributed by atoms with E-state index in [2.05, 4.69) is 29.4 Å². The molecular formula is C23H24N4O2S. The topological polar surface area (TPSA) is 87.5 Å². The number of amides is 2. The van der Waals surface area contributed by atoms with Gasteiger partial charge in [-0.05, 0) is 37.6 Å². The Morgan fingerprint density at radius 2 is 1.83 bits per heavy atom. The van der Waals surface area contributed by atoms with Gasteiger partial charge in [0.15, 0.2) is 0 Å². The van der Waals surface area contributed by atoms with Gasteiger partial charge in [0.1, 0.15) is 5.00 Å². The molecule has 2 amide bonds. The molecule has 2 heterocycles. The van der Waals surface area contributed by atoms with Gasteiger partial charge in [-0.25, -0.2) is 0 Å². The fourth-order valence-electron chi connectivity index (χ4n) is 3.71. The predicted octanol–water partition coefficient (Wildman–Crippen LogP) is 4.16. The molecule has 1 aromatic heterocycles. The number of nitrogens with one attached hydrogen (secondary N) is 2. The number of nitrogens with zero attached hydrogens (tertiary/aromatic N) is 1. The number of rotatable bonds is 5. The van der Waals surface area contributed by atoms with E-state index in [-0.39, 0.29) is 18.0 Å². The average molecular weight is 421 g/mol. The van der Waals surface area contributed by atoms with E-state index in [0.29, 0.717) is 17.1 Å². The van der Waals surface area contributed by atoms with Crippen LogP contribution in [0.1, 0.15) is 24.2 Å². The molecule has 0 unspecified atom stereocenters. The van der Waals surface area contributed by atoms with Crippen molar-refractivity contribution in [1.29, 1.82) is 0 Å². The average Bonchev–Trinajstić information content (AvgIpc) is 3.12. The maximum absolute atomic E-state index is 12.9. The van der Waals surface area contributed by atoms with E-state index < -0.39 is 5.91 Å². The number of anilines is 3. The van der Waals surface area contributed by atoms with Crippen LogP contribution in [0.5, 0.6) is 0 Å². The lowest BCUT2D eigenvalue weighted by Crippen LogP contribution is -2.50. The van der Waals surface area contributed by atoms with Gasteiger partial charge in [-0.2, -0.15) is 0 Å². The lowest BCUT2D eigenvalue weighted by atomic mass is 9.99. The van der Waals surface area contributed by atoms with Crippen molar-refractivity contribution in [3.8, 4) is 10.4 Å². The van der Waals surface area contributed by atoms with Crippen LogP contribution in [-0.2, 0) is 4.79 Å². The quantitative estimate of drug-likeness (QED) is 0.578. The number of primary amides is 1. The molecule has 4 rings (SSSR count). The first-order valence-corrected chi connectivity index (χ1v) is 10.6. The minimum atomic E-state index is -0.558. The van der Waals surface area contributed by atoms with Crippen LogP contribution >= 0.6 is 11.3 Å². The summed E-state index contributed by atoms with van der Waals surface area (Å²) in [6, 6.07) is 19.4. The maximum Gasteiger partial charge on any atom is 0.251 e. The summed E-state index contributed by atoms with van der Waals surface area (Å²) in [5.41, 5.74) is 8.68. The molecule has 154 valence electrons. The van der Waals surface area contributed by atoms with Gasteiger partial charge in [0.2, 0.25) is 5.91 Å². The van der Waals surface area contributed by atoms with Crippen LogP contribution in [0.15, 0.2) is 60.7 Å². The predicted molar refractivity (Wildman–Crippen MR) is 123 cm³/mol. The molecule has 0 spiro atoms. The van der Waals surface area contributed by atoms with E-state index in [9.17, 15) is 9.59 Å². The molecule has 6 nitrogen and oxygen atoms in total. The number of nitrogens with two attached hydrogens (primary N) is 1. The van der Waals surface area contributed by atoms with E-state index in [1.807, 2.05) is 54.6 Å².